The van der Waals surface area contributed by atoms with Gasteiger partial charge in [0.15, 0.2) is 0 Å². The van der Waals surface area contributed by atoms with E-state index in [0.717, 1.165) is 16.9 Å². The number of aromatic hydroxyl groups is 1. The van der Waals surface area contributed by atoms with Crippen molar-refractivity contribution in [2.75, 3.05) is 0 Å². The van der Waals surface area contributed by atoms with Gasteiger partial charge in [0.2, 0.25) is 0 Å². The molecule has 0 bridgehead atoms. The highest BCUT2D eigenvalue weighted by Crippen LogP contribution is 2.39. The monoisotopic (exact) mass is 296 g/mol. The second kappa shape index (κ2) is 5.72. The van der Waals surface area contributed by atoms with Gasteiger partial charge in [0.1, 0.15) is 11.5 Å². The first kappa shape index (κ1) is 14.0. The van der Waals surface area contributed by atoms with Crippen molar-refractivity contribution in [3.63, 3.8) is 0 Å². The van der Waals surface area contributed by atoms with Crippen LogP contribution in [0.3, 0.4) is 0 Å². The maximum absolute atomic E-state index is 9.54. The minimum atomic E-state index is -0.0299. The van der Waals surface area contributed by atoms with E-state index in [4.69, 9.17) is 27.9 Å². The summed E-state index contributed by atoms with van der Waals surface area (Å²) >= 11 is 12.1. The van der Waals surface area contributed by atoms with Crippen LogP contribution in [0.2, 0.25) is 10.0 Å². The predicted molar refractivity (Wildman–Crippen MR) is 79.3 cm³/mol. The molecular weight excluding hydrogens is 283 g/mol. The minimum Gasteiger partial charge on any atom is -0.506 e. The van der Waals surface area contributed by atoms with Crippen LogP contribution in [-0.4, -0.2) is 11.2 Å². The zero-order valence-electron chi connectivity index (χ0n) is 10.7. The SMILES string of the molecule is CC(C)Oc1ccccc1-c1cc(Cl)c(O)cc1Cl. The normalized spacial score (nSPS) is 10.8. The number of hydrogen-bond donors (Lipinski definition) is 1. The van der Waals surface area contributed by atoms with Crippen LogP contribution in [0.5, 0.6) is 11.5 Å². The maximum Gasteiger partial charge on any atom is 0.135 e. The number of para-hydroxylation sites is 1. The fraction of sp³-hybridized carbons (Fsp3) is 0.200. The van der Waals surface area contributed by atoms with Gasteiger partial charge in [-0.05, 0) is 26.0 Å². The van der Waals surface area contributed by atoms with E-state index < -0.39 is 0 Å². The number of halogens is 2. The Morgan fingerprint density at radius 3 is 2.37 bits per heavy atom. The molecule has 2 nitrogen and oxygen atoms in total. The lowest BCUT2D eigenvalue weighted by Gasteiger charge is -2.15. The van der Waals surface area contributed by atoms with Crippen LogP contribution in [0.1, 0.15) is 13.8 Å². The van der Waals surface area contributed by atoms with E-state index in [1.165, 1.54) is 6.07 Å². The van der Waals surface area contributed by atoms with Gasteiger partial charge in [0.25, 0.3) is 0 Å². The van der Waals surface area contributed by atoms with Gasteiger partial charge in [-0.2, -0.15) is 0 Å². The summed E-state index contributed by atoms with van der Waals surface area (Å²) in [5, 5.41) is 10.2. The predicted octanol–water partition coefficient (Wildman–Crippen LogP) is 5.15. The second-order valence-corrected chi connectivity index (χ2v) is 5.26. The molecule has 0 aromatic heterocycles. The summed E-state index contributed by atoms with van der Waals surface area (Å²) in [4.78, 5) is 0. The lowest BCUT2D eigenvalue weighted by Crippen LogP contribution is -2.06. The van der Waals surface area contributed by atoms with Gasteiger partial charge < -0.3 is 9.84 Å². The zero-order chi connectivity index (χ0) is 14.0. The molecular formula is C15H14Cl2O2. The molecule has 0 aliphatic carbocycles. The fourth-order valence-corrected chi connectivity index (χ4v) is 2.21. The molecule has 0 saturated heterocycles. The van der Waals surface area contributed by atoms with Gasteiger partial charge in [-0.3, -0.25) is 0 Å². The molecule has 19 heavy (non-hydrogen) atoms. The Balaban J connectivity index is 2.56. The molecule has 2 aromatic carbocycles. The molecule has 0 atom stereocenters. The highest BCUT2D eigenvalue weighted by molar-refractivity contribution is 6.36. The quantitative estimate of drug-likeness (QED) is 0.848. The van der Waals surface area contributed by atoms with E-state index >= 15 is 0 Å². The highest BCUT2D eigenvalue weighted by atomic mass is 35.5. The Morgan fingerprint density at radius 2 is 1.68 bits per heavy atom. The number of rotatable bonds is 3. The molecule has 0 fully saturated rings. The molecule has 4 heteroatoms. The molecule has 1 N–H and O–H groups in total. The summed E-state index contributed by atoms with van der Waals surface area (Å²) in [6.07, 6.45) is 0.0625. The van der Waals surface area contributed by atoms with Crippen molar-refractivity contribution in [1.82, 2.24) is 0 Å². The highest BCUT2D eigenvalue weighted by Gasteiger charge is 2.13. The van der Waals surface area contributed by atoms with Crippen LogP contribution in [0.4, 0.5) is 0 Å². The number of ether oxygens (including phenoxy) is 1. The molecule has 0 radical (unpaired) electrons. The third-order valence-electron chi connectivity index (χ3n) is 2.58. The van der Waals surface area contributed by atoms with Crippen LogP contribution in [-0.2, 0) is 0 Å². The fourth-order valence-electron chi connectivity index (χ4n) is 1.79. The number of phenolic OH excluding ortho intramolecular Hbond substituents is 1. The van der Waals surface area contributed by atoms with E-state index in [0.29, 0.717) is 5.02 Å². The lowest BCUT2D eigenvalue weighted by atomic mass is 10.0. The molecule has 0 unspecified atom stereocenters. The first-order valence-electron chi connectivity index (χ1n) is 5.93. The number of benzene rings is 2. The van der Waals surface area contributed by atoms with Crippen molar-refractivity contribution in [2.45, 2.75) is 20.0 Å². The van der Waals surface area contributed by atoms with E-state index in [2.05, 4.69) is 0 Å². The molecule has 0 saturated carbocycles. The van der Waals surface area contributed by atoms with Gasteiger partial charge >= 0.3 is 0 Å². The van der Waals surface area contributed by atoms with E-state index in [9.17, 15) is 5.11 Å². The van der Waals surface area contributed by atoms with Crippen molar-refractivity contribution in [2.24, 2.45) is 0 Å². The number of hydrogen-bond acceptors (Lipinski definition) is 2. The molecule has 100 valence electrons. The molecule has 0 aliphatic heterocycles. The first-order chi connectivity index (χ1) is 8.99. The first-order valence-corrected chi connectivity index (χ1v) is 6.68. The summed E-state index contributed by atoms with van der Waals surface area (Å²) in [5.74, 6) is 0.707. The topological polar surface area (TPSA) is 29.5 Å². The Hall–Kier alpha value is -1.38. The minimum absolute atomic E-state index is 0.0299. The van der Waals surface area contributed by atoms with Gasteiger partial charge in [0, 0.05) is 17.2 Å². The Bertz CT molecular complexity index is 595. The number of phenols is 1. The third kappa shape index (κ3) is 3.14. The van der Waals surface area contributed by atoms with Crippen LogP contribution in [0.25, 0.3) is 11.1 Å². The maximum atomic E-state index is 9.54. The van der Waals surface area contributed by atoms with Crippen LogP contribution in [0, 0.1) is 0 Å². The summed E-state index contributed by atoms with van der Waals surface area (Å²) in [6, 6.07) is 10.7. The Labute approximate surface area is 122 Å². The molecule has 2 rings (SSSR count). The van der Waals surface area contributed by atoms with Crippen molar-refractivity contribution >= 4 is 23.2 Å². The van der Waals surface area contributed by atoms with E-state index in [1.807, 2.05) is 38.1 Å². The van der Waals surface area contributed by atoms with Crippen molar-refractivity contribution in [3.05, 3.63) is 46.4 Å². The van der Waals surface area contributed by atoms with E-state index in [1.54, 1.807) is 6.07 Å². The van der Waals surface area contributed by atoms with Gasteiger partial charge in [-0.15, -0.1) is 0 Å². The smallest absolute Gasteiger partial charge is 0.135 e. The Kier molecular flexibility index (Phi) is 4.23. The largest absolute Gasteiger partial charge is 0.506 e. The van der Waals surface area contributed by atoms with Gasteiger partial charge in [-0.1, -0.05) is 41.4 Å². The summed E-state index contributed by atoms with van der Waals surface area (Å²) in [5.41, 5.74) is 1.59. The molecule has 2 aromatic rings. The van der Waals surface area contributed by atoms with E-state index in [-0.39, 0.29) is 16.9 Å². The summed E-state index contributed by atoms with van der Waals surface area (Å²) in [6.45, 7) is 3.92. The molecule has 0 heterocycles. The Morgan fingerprint density at radius 1 is 1.00 bits per heavy atom. The molecule has 0 amide bonds. The average molecular weight is 297 g/mol. The average Bonchev–Trinajstić information content (AvgIpc) is 2.34. The van der Waals surface area contributed by atoms with Crippen LogP contribution < -0.4 is 4.74 Å². The van der Waals surface area contributed by atoms with Gasteiger partial charge in [-0.25, -0.2) is 0 Å². The van der Waals surface area contributed by atoms with Crippen LogP contribution >= 0.6 is 23.2 Å². The van der Waals surface area contributed by atoms with Crippen LogP contribution in [0.15, 0.2) is 36.4 Å². The summed E-state index contributed by atoms with van der Waals surface area (Å²) in [7, 11) is 0. The van der Waals surface area contributed by atoms with Crippen molar-refractivity contribution < 1.29 is 9.84 Å². The lowest BCUT2D eigenvalue weighted by molar-refractivity contribution is 0.243. The zero-order valence-corrected chi connectivity index (χ0v) is 12.2. The van der Waals surface area contributed by atoms with Crippen molar-refractivity contribution in [3.8, 4) is 22.6 Å². The standard InChI is InChI=1S/C15H14Cl2O2/c1-9(2)19-15-6-4-3-5-10(15)11-7-13(17)14(18)8-12(11)16/h3-9,18H,1-2H3. The second-order valence-electron chi connectivity index (χ2n) is 4.45. The van der Waals surface area contributed by atoms with Crippen molar-refractivity contribution in [1.29, 1.82) is 0 Å². The van der Waals surface area contributed by atoms with Gasteiger partial charge in [0.05, 0.1) is 16.1 Å². The third-order valence-corrected chi connectivity index (χ3v) is 3.19. The molecule has 0 aliphatic rings. The molecule has 0 spiro atoms. The summed E-state index contributed by atoms with van der Waals surface area (Å²) < 4.78 is 5.76.